The maximum atomic E-state index is 2.85. The molecule has 0 saturated heterocycles. The first-order valence-corrected chi connectivity index (χ1v) is 19.6. The molecule has 204 valence electrons. The van der Waals surface area contributed by atoms with Crippen molar-refractivity contribution in [1.82, 2.24) is 0 Å². The fourth-order valence-corrected chi connectivity index (χ4v) is 18.1. The Balaban J connectivity index is 1.26. The second-order valence-electron chi connectivity index (χ2n) is 15.6. The van der Waals surface area contributed by atoms with Crippen LogP contribution in [-0.2, 0) is 0 Å². The highest BCUT2D eigenvalue weighted by Gasteiger charge is 2.59. The maximum absolute atomic E-state index is 2.85. The van der Waals surface area contributed by atoms with Gasteiger partial charge in [0.15, 0.2) is 0 Å². The van der Waals surface area contributed by atoms with Gasteiger partial charge >= 0.3 is 0 Å². The molecule has 0 aliphatic heterocycles. The lowest BCUT2D eigenvalue weighted by molar-refractivity contribution is 0.272. The third-order valence-corrected chi connectivity index (χ3v) is 19.3. The van der Waals surface area contributed by atoms with Crippen molar-refractivity contribution >= 4 is 8.07 Å². The van der Waals surface area contributed by atoms with E-state index in [0.717, 1.165) is 46.6 Å². The van der Waals surface area contributed by atoms with Crippen LogP contribution in [0.25, 0.3) is 0 Å². The van der Waals surface area contributed by atoms with E-state index in [9.17, 15) is 0 Å². The molecule has 0 aromatic carbocycles. The van der Waals surface area contributed by atoms with Gasteiger partial charge in [0, 0.05) is 0 Å². The molecule has 0 nitrogen and oxygen atoms in total. The monoisotopic (exact) mass is 516 g/mol. The number of hydrogen-bond acceptors (Lipinski definition) is 0. The van der Waals surface area contributed by atoms with Gasteiger partial charge in [0.2, 0.25) is 0 Å². The summed E-state index contributed by atoms with van der Waals surface area (Å²) in [5, 5.41) is 0. The Morgan fingerprint density at radius 2 is 1.03 bits per heavy atom. The number of rotatable bonds is 6. The summed E-state index contributed by atoms with van der Waals surface area (Å²) in [4.78, 5) is 0. The minimum absolute atomic E-state index is 0.567. The lowest BCUT2D eigenvalue weighted by atomic mass is 9.77. The molecule has 0 N–H and O–H groups in total. The highest BCUT2D eigenvalue weighted by molar-refractivity contribution is 6.80. The van der Waals surface area contributed by atoms with Crippen LogP contribution < -0.4 is 0 Å². The van der Waals surface area contributed by atoms with Crippen LogP contribution in [0.1, 0.15) is 106 Å². The fraction of sp³-hybridized carbons (Fsp3) is 0.778. The predicted molar refractivity (Wildman–Crippen MR) is 163 cm³/mol. The van der Waals surface area contributed by atoms with Crippen molar-refractivity contribution in [3.63, 3.8) is 0 Å². The summed E-state index contributed by atoms with van der Waals surface area (Å²) in [5.74, 6) is 5.15. The molecule has 1 heteroatoms. The molecule has 0 spiro atoms. The van der Waals surface area contributed by atoms with E-state index in [1.165, 1.54) is 64.2 Å². The molecule has 2 saturated carbocycles. The lowest BCUT2D eigenvalue weighted by Gasteiger charge is -2.46. The smallest absolute Gasteiger partial charge is 0.0553 e. The third-order valence-electron chi connectivity index (χ3n) is 14.0. The van der Waals surface area contributed by atoms with Crippen molar-refractivity contribution in [3.8, 4) is 0 Å². The zero-order valence-corrected chi connectivity index (χ0v) is 26.5. The van der Waals surface area contributed by atoms with Crippen LogP contribution in [-0.4, -0.2) is 8.07 Å². The Morgan fingerprint density at radius 3 is 1.38 bits per heavy atom. The lowest BCUT2D eigenvalue weighted by Crippen LogP contribution is -2.45. The maximum Gasteiger partial charge on any atom is 0.0553 e. The van der Waals surface area contributed by atoms with Gasteiger partial charge < -0.3 is 0 Å². The van der Waals surface area contributed by atoms with Crippen LogP contribution in [0, 0.1) is 46.3 Å². The van der Waals surface area contributed by atoms with Gasteiger partial charge in [0.1, 0.15) is 0 Å². The summed E-state index contributed by atoms with van der Waals surface area (Å²) in [5.41, 5.74) is 10.4. The van der Waals surface area contributed by atoms with Crippen molar-refractivity contribution in [2.24, 2.45) is 46.3 Å². The molecule has 0 radical (unpaired) electrons. The summed E-state index contributed by atoms with van der Waals surface area (Å²) < 4.78 is 0. The zero-order chi connectivity index (χ0) is 26.3. The van der Waals surface area contributed by atoms with E-state index in [4.69, 9.17) is 0 Å². The second-order valence-corrected chi connectivity index (χ2v) is 20.6. The first-order chi connectivity index (χ1) is 17.6. The average molecular weight is 517 g/mol. The van der Waals surface area contributed by atoms with Gasteiger partial charge in [-0.3, -0.25) is 0 Å². The largest absolute Gasteiger partial charge is 0.0805 e. The van der Waals surface area contributed by atoms with Gasteiger partial charge in [-0.1, -0.05) is 90.1 Å². The highest BCUT2D eigenvalue weighted by atomic mass is 28.3. The second kappa shape index (κ2) is 9.11. The summed E-state index contributed by atoms with van der Waals surface area (Å²) >= 11 is 0. The Bertz CT molecular complexity index is 959. The minimum Gasteiger partial charge on any atom is -0.0805 e. The van der Waals surface area contributed by atoms with Crippen molar-refractivity contribution in [2.75, 3.05) is 0 Å². The van der Waals surface area contributed by atoms with Gasteiger partial charge in [-0.25, -0.2) is 0 Å². The first-order valence-electron chi connectivity index (χ1n) is 16.4. The van der Waals surface area contributed by atoms with Gasteiger partial charge in [0.05, 0.1) is 8.07 Å². The molecule has 37 heavy (non-hydrogen) atoms. The summed E-state index contributed by atoms with van der Waals surface area (Å²) in [6, 6.07) is 0. The zero-order valence-electron chi connectivity index (χ0n) is 25.5. The summed E-state index contributed by atoms with van der Waals surface area (Å²) in [7, 11) is -1.52. The normalized spacial score (nSPS) is 41.3. The van der Waals surface area contributed by atoms with Gasteiger partial charge in [-0.05, 0) is 133 Å². The van der Waals surface area contributed by atoms with E-state index in [-0.39, 0.29) is 0 Å². The van der Waals surface area contributed by atoms with Crippen molar-refractivity contribution < 1.29 is 0 Å². The standard InChI is InChI=1S/C36H56Si/c1-9-35(10-2)19-25-13-15-27-29(31(25)21-35)17-23(5)33(27)37(7,8)34-24(6)18-30-28(34)16-14-26-20-36(11-3,12-4)22-32(26)30/h13-16,23-24,27-30,33-34H,9-12,17-22H2,1-8H3. The van der Waals surface area contributed by atoms with Crippen LogP contribution in [0.2, 0.25) is 24.2 Å². The van der Waals surface area contributed by atoms with Crippen LogP contribution in [0.4, 0.5) is 0 Å². The highest BCUT2D eigenvalue weighted by Crippen LogP contribution is 2.67. The molecule has 6 aliphatic rings. The van der Waals surface area contributed by atoms with Gasteiger partial charge in [-0.15, -0.1) is 0 Å². The Labute approximate surface area is 230 Å². The quantitative estimate of drug-likeness (QED) is 0.308. The number of allylic oxidation sites excluding steroid dienone is 8. The van der Waals surface area contributed by atoms with Crippen molar-refractivity contribution in [2.45, 2.75) is 130 Å². The fourth-order valence-electron chi connectivity index (χ4n) is 11.8. The Morgan fingerprint density at radius 1 is 0.649 bits per heavy atom. The van der Waals surface area contributed by atoms with E-state index in [1.807, 2.05) is 11.1 Å². The molecule has 2 fully saturated rings. The van der Waals surface area contributed by atoms with E-state index < -0.39 is 8.07 Å². The molecule has 0 amide bonds. The molecule has 0 bridgehead atoms. The molecule has 0 heterocycles. The molecule has 0 aromatic rings. The SMILES string of the molecule is CCC1(CC)CC2=C(C1)C1CC(C)C([Si](C)(C)C3C(C)CC4C5=C(C=CC43)CC(CC)(CC)C5)C1C=C2. The molecule has 0 aromatic heterocycles. The number of hydrogen-bond donors (Lipinski definition) is 0. The molecule has 8 unspecified atom stereocenters. The average Bonchev–Trinajstić information content (AvgIpc) is 3.62. The molecule has 6 rings (SSSR count). The van der Waals surface area contributed by atoms with Crippen LogP contribution >= 0.6 is 0 Å². The van der Waals surface area contributed by atoms with E-state index >= 15 is 0 Å². The minimum atomic E-state index is -1.52. The summed E-state index contributed by atoms with van der Waals surface area (Å²) in [6.45, 7) is 20.8. The van der Waals surface area contributed by atoms with Gasteiger partial charge in [-0.2, -0.15) is 0 Å². The predicted octanol–water partition coefficient (Wildman–Crippen LogP) is 10.9. The topological polar surface area (TPSA) is 0 Å². The van der Waals surface area contributed by atoms with Crippen LogP contribution in [0.5, 0.6) is 0 Å². The third kappa shape index (κ3) is 3.78. The van der Waals surface area contributed by atoms with E-state index in [2.05, 4.69) is 78.9 Å². The summed E-state index contributed by atoms with van der Waals surface area (Å²) in [6.07, 6.45) is 24.7. The van der Waals surface area contributed by atoms with E-state index in [1.54, 1.807) is 11.1 Å². The number of fused-ring (bicyclic) bond motifs is 4. The van der Waals surface area contributed by atoms with Gasteiger partial charge in [0.25, 0.3) is 0 Å². The van der Waals surface area contributed by atoms with E-state index in [0.29, 0.717) is 10.8 Å². The van der Waals surface area contributed by atoms with Crippen molar-refractivity contribution in [3.05, 3.63) is 46.6 Å². The first kappa shape index (κ1) is 26.4. The Hall–Kier alpha value is -0.823. The molecular formula is C36H56Si. The Kier molecular flexibility index (Phi) is 6.50. The molecule has 8 atom stereocenters. The van der Waals surface area contributed by atoms with Crippen molar-refractivity contribution in [1.29, 1.82) is 0 Å². The molecular weight excluding hydrogens is 460 g/mol. The van der Waals surface area contributed by atoms with Crippen LogP contribution in [0.15, 0.2) is 46.6 Å². The van der Waals surface area contributed by atoms with Crippen LogP contribution in [0.3, 0.4) is 0 Å². The molecule has 6 aliphatic carbocycles.